The lowest BCUT2D eigenvalue weighted by Gasteiger charge is -2.36. The first-order valence-corrected chi connectivity index (χ1v) is 9.80. The average Bonchev–Trinajstić information content (AvgIpc) is 2.64. The molecular weight excluding hydrogens is 320 g/mol. The van der Waals surface area contributed by atoms with Crippen molar-refractivity contribution in [2.24, 2.45) is 0 Å². The van der Waals surface area contributed by atoms with E-state index in [1.54, 1.807) is 0 Å². The lowest BCUT2D eigenvalue weighted by Crippen LogP contribution is -2.54. The number of morpholine rings is 1. The maximum atomic E-state index is 12.4. The third-order valence-electron chi connectivity index (χ3n) is 5.53. The van der Waals surface area contributed by atoms with E-state index < -0.39 is 0 Å². The van der Waals surface area contributed by atoms with Crippen LogP contribution in [-0.4, -0.2) is 98.1 Å². The Hall–Kier alpha value is -1.18. The molecule has 1 N–H and O–H groups in total. The van der Waals surface area contributed by atoms with Gasteiger partial charge in [-0.25, -0.2) is 0 Å². The Labute approximate surface area is 150 Å². The number of nitrogens with zero attached hydrogens (tertiary/aromatic N) is 3. The number of piperazine rings is 1. The molecule has 2 amide bonds. The number of nitrogens with one attached hydrogen (secondary N) is 1. The van der Waals surface area contributed by atoms with Gasteiger partial charge in [0, 0.05) is 45.3 Å². The topological polar surface area (TPSA) is 65.1 Å². The van der Waals surface area contributed by atoms with E-state index in [2.05, 4.69) is 15.1 Å². The Balaban J connectivity index is 1.33. The van der Waals surface area contributed by atoms with Gasteiger partial charge in [0.1, 0.15) is 0 Å². The van der Waals surface area contributed by atoms with Crippen LogP contribution < -0.4 is 5.32 Å². The highest BCUT2D eigenvalue weighted by Gasteiger charge is 2.25. The third-order valence-corrected chi connectivity index (χ3v) is 5.53. The molecule has 7 heteroatoms. The van der Waals surface area contributed by atoms with Crippen molar-refractivity contribution in [2.45, 2.75) is 38.1 Å². The van der Waals surface area contributed by atoms with Gasteiger partial charge in [0.05, 0.1) is 26.3 Å². The zero-order valence-electron chi connectivity index (χ0n) is 15.3. The fourth-order valence-corrected chi connectivity index (χ4v) is 3.93. The highest BCUT2D eigenvalue weighted by molar-refractivity contribution is 5.79. The van der Waals surface area contributed by atoms with Crippen LogP contribution in [0.3, 0.4) is 0 Å². The van der Waals surface area contributed by atoms with Gasteiger partial charge in [0.15, 0.2) is 0 Å². The van der Waals surface area contributed by atoms with Gasteiger partial charge >= 0.3 is 0 Å². The van der Waals surface area contributed by atoms with E-state index in [0.29, 0.717) is 19.1 Å². The quantitative estimate of drug-likeness (QED) is 0.749. The second-order valence-electron chi connectivity index (χ2n) is 7.45. The van der Waals surface area contributed by atoms with Crippen molar-refractivity contribution in [3.05, 3.63) is 0 Å². The maximum absolute atomic E-state index is 12.4. The first-order chi connectivity index (χ1) is 12.2. The third kappa shape index (κ3) is 5.94. The summed E-state index contributed by atoms with van der Waals surface area (Å²) >= 11 is 0. The molecule has 0 spiro atoms. The van der Waals surface area contributed by atoms with Gasteiger partial charge in [-0.05, 0) is 12.8 Å². The molecule has 25 heavy (non-hydrogen) atoms. The minimum atomic E-state index is 0.139. The second-order valence-corrected chi connectivity index (χ2v) is 7.45. The zero-order valence-corrected chi connectivity index (χ0v) is 15.3. The Morgan fingerprint density at radius 2 is 1.48 bits per heavy atom. The molecule has 7 nitrogen and oxygen atoms in total. The van der Waals surface area contributed by atoms with E-state index in [0.717, 1.165) is 65.3 Å². The van der Waals surface area contributed by atoms with Crippen molar-refractivity contribution in [3.63, 3.8) is 0 Å². The van der Waals surface area contributed by atoms with Crippen LogP contribution in [0.15, 0.2) is 0 Å². The van der Waals surface area contributed by atoms with Gasteiger partial charge in [-0.3, -0.25) is 19.4 Å². The van der Waals surface area contributed by atoms with Gasteiger partial charge in [-0.15, -0.1) is 0 Å². The van der Waals surface area contributed by atoms with Gasteiger partial charge in [0.25, 0.3) is 0 Å². The largest absolute Gasteiger partial charge is 0.379 e. The number of carbonyl (C=O) groups is 2. The first-order valence-electron chi connectivity index (χ1n) is 9.80. The lowest BCUT2D eigenvalue weighted by molar-refractivity contribution is -0.135. The monoisotopic (exact) mass is 352 g/mol. The molecule has 142 valence electrons. The van der Waals surface area contributed by atoms with Crippen molar-refractivity contribution in [1.29, 1.82) is 0 Å². The Morgan fingerprint density at radius 1 is 0.840 bits per heavy atom. The van der Waals surface area contributed by atoms with Gasteiger partial charge < -0.3 is 15.0 Å². The van der Waals surface area contributed by atoms with Crippen LogP contribution in [-0.2, 0) is 14.3 Å². The molecule has 0 atom stereocenters. The summed E-state index contributed by atoms with van der Waals surface area (Å²) in [6, 6.07) is 0.373. The van der Waals surface area contributed by atoms with Crippen molar-refractivity contribution in [1.82, 2.24) is 20.0 Å². The fourth-order valence-electron chi connectivity index (χ4n) is 3.93. The second kappa shape index (κ2) is 9.50. The van der Waals surface area contributed by atoms with Gasteiger partial charge in [-0.1, -0.05) is 19.3 Å². The molecule has 1 saturated carbocycles. The minimum Gasteiger partial charge on any atom is -0.379 e. The molecule has 0 aromatic rings. The normalized spacial score (nSPS) is 24.2. The average molecular weight is 352 g/mol. The summed E-state index contributed by atoms with van der Waals surface area (Å²) in [4.78, 5) is 30.9. The number of hydrogen-bond acceptors (Lipinski definition) is 5. The SMILES string of the molecule is O=C(CN1CCN(C(=O)CN2CCOCC2)CC1)NC1CCCCC1. The Bertz CT molecular complexity index is 440. The summed E-state index contributed by atoms with van der Waals surface area (Å²) in [7, 11) is 0. The van der Waals surface area contributed by atoms with E-state index in [-0.39, 0.29) is 11.8 Å². The number of hydrogen-bond donors (Lipinski definition) is 1. The van der Waals surface area contributed by atoms with E-state index in [1.807, 2.05) is 4.90 Å². The molecule has 0 unspecified atom stereocenters. The summed E-state index contributed by atoms with van der Waals surface area (Å²) in [6.45, 7) is 7.08. The molecule has 1 aliphatic carbocycles. The van der Waals surface area contributed by atoms with Crippen molar-refractivity contribution < 1.29 is 14.3 Å². The summed E-state index contributed by atoms with van der Waals surface area (Å²) in [6.07, 6.45) is 6.00. The number of amides is 2. The fraction of sp³-hybridized carbons (Fsp3) is 0.889. The van der Waals surface area contributed by atoms with Crippen molar-refractivity contribution >= 4 is 11.8 Å². The van der Waals surface area contributed by atoms with E-state index in [9.17, 15) is 9.59 Å². The molecule has 3 aliphatic rings. The van der Waals surface area contributed by atoms with Crippen LogP contribution in [0.4, 0.5) is 0 Å². The molecule has 2 saturated heterocycles. The van der Waals surface area contributed by atoms with Crippen LogP contribution in [0.1, 0.15) is 32.1 Å². The Morgan fingerprint density at radius 3 is 2.16 bits per heavy atom. The van der Waals surface area contributed by atoms with Crippen LogP contribution in [0, 0.1) is 0 Å². The Kier molecular flexibility index (Phi) is 7.07. The summed E-state index contributed by atoms with van der Waals surface area (Å²) in [5.74, 6) is 0.341. The molecule has 0 aromatic carbocycles. The van der Waals surface area contributed by atoms with Crippen LogP contribution in [0.5, 0.6) is 0 Å². The predicted octanol–water partition coefficient (Wildman–Crippen LogP) is -0.0883. The number of carbonyl (C=O) groups excluding carboxylic acids is 2. The van der Waals surface area contributed by atoms with Crippen LogP contribution in [0.2, 0.25) is 0 Å². The van der Waals surface area contributed by atoms with E-state index in [4.69, 9.17) is 4.74 Å². The van der Waals surface area contributed by atoms with Gasteiger partial charge in [0.2, 0.25) is 11.8 Å². The first kappa shape index (κ1) is 18.6. The number of rotatable bonds is 5. The van der Waals surface area contributed by atoms with Crippen molar-refractivity contribution in [2.75, 3.05) is 65.6 Å². The van der Waals surface area contributed by atoms with Crippen molar-refractivity contribution in [3.8, 4) is 0 Å². The standard InChI is InChI=1S/C18H32N4O3/c23-17(19-16-4-2-1-3-5-16)14-20-6-8-22(9-7-20)18(24)15-21-10-12-25-13-11-21/h16H,1-15H2,(H,19,23). The summed E-state index contributed by atoms with van der Waals surface area (Å²) in [5.41, 5.74) is 0. The number of ether oxygens (including phenoxy) is 1. The van der Waals surface area contributed by atoms with E-state index >= 15 is 0 Å². The molecule has 3 rings (SSSR count). The zero-order chi connectivity index (χ0) is 17.5. The molecule has 2 aliphatic heterocycles. The molecular formula is C18H32N4O3. The van der Waals surface area contributed by atoms with E-state index in [1.165, 1.54) is 19.3 Å². The summed E-state index contributed by atoms with van der Waals surface area (Å²) in [5, 5.41) is 3.17. The smallest absolute Gasteiger partial charge is 0.236 e. The minimum absolute atomic E-state index is 0.139. The molecule has 0 bridgehead atoms. The molecule has 0 aromatic heterocycles. The maximum Gasteiger partial charge on any atom is 0.236 e. The summed E-state index contributed by atoms with van der Waals surface area (Å²) < 4.78 is 5.32. The highest BCUT2D eigenvalue weighted by Crippen LogP contribution is 2.17. The van der Waals surface area contributed by atoms with Crippen LogP contribution >= 0.6 is 0 Å². The molecule has 0 radical (unpaired) electrons. The predicted molar refractivity (Wildman–Crippen MR) is 95.3 cm³/mol. The highest BCUT2D eigenvalue weighted by atomic mass is 16.5. The molecule has 3 fully saturated rings. The van der Waals surface area contributed by atoms with Crippen LogP contribution in [0.25, 0.3) is 0 Å². The lowest BCUT2D eigenvalue weighted by atomic mass is 9.95. The van der Waals surface area contributed by atoms with Gasteiger partial charge in [-0.2, -0.15) is 0 Å². The molecule has 2 heterocycles.